The standard InChI is InChI=1S/C23H34N4O5S2/c28-22(24-8-5-9-25-12-14-32-15-13-25)17-27-20-7-6-19(16-21(20)33-18-23(27)29)34(30,31)26-10-3-1-2-4-11-26/h6-7,16H,1-5,8-15,17-18H2,(H,24,28). The van der Waals surface area contributed by atoms with Gasteiger partial charge < -0.3 is 15.0 Å². The second-order valence-corrected chi connectivity index (χ2v) is 11.8. The van der Waals surface area contributed by atoms with Gasteiger partial charge in [-0.15, -0.1) is 11.8 Å². The van der Waals surface area contributed by atoms with Crippen molar-refractivity contribution in [1.29, 1.82) is 0 Å². The van der Waals surface area contributed by atoms with Crippen molar-refractivity contribution in [1.82, 2.24) is 14.5 Å². The van der Waals surface area contributed by atoms with Crippen molar-refractivity contribution in [3.8, 4) is 0 Å². The highest BCUT2D eigenvalue weighted by Crippen LogP contribution is 2.37. The van der Waals surface area contributed by atoms with Crippen molar-refractivity contribution >= 4 is 39.3 Å². The highest BCUT2D eigenvalue weighted by atomic mass is 32.2. The quantitative estimate of drug-likeness (QED) is 0.530. The van der Waals surface area contributed by atoms with E-state index in [1.165, 1.54) is 16.7 Å². The lowest BCUT2D eigenvalue weighted by molar-refractivity contribution is -0.123. The molecule has 11 heteroatoms. The average molecular weight is 511 g/mol. The van der Waals surface area contributed by atoms with Gasteiger partial charge in [0.25, 0.3) is 0 Å². The van der Waals surface area contributed by atoms with E-state index in [1.54, 1.807) is 22.5 Å². The number of benzene rings is 1. The van der Waals surface area contributed by atoms with Crippen LogP contribution >= 0.6 is 11.8 Å². The fraction of sp³-hybridized carbons (Fsp3) is 0.652. The van der Waals surface area contributed by atoms with Gasteiger partial charge in [-0.1, -0.05) is 12.8 Å². The normalized spacial score (nSPS) is 20.6. The molecule has 0 spiro atoms. The molecule has 188 valence electrons. The number of hydrogen-bond donors (Lipinski definition) is 1. The number of anilines is 1. The van der Waals surface area contributed by atoms with Crippen LogP contribution in [0.5, 0.6) is 0 Å². The molecule has 9 nitrogen and oxygen atoms in total. The number of thioether (sulfide) groups is 1. The van der Waals surface area contributed by atoms with Crippen LogP contribution in [-0.4, -0.2) is 94.2 Å². The molecule has 4 rings (SSSR count). The van der Waals surface area contributed by atoms with Crippen LogP contribution in [0.25, 0.3) is 0 Å². The van der Waals surface area contributed by atoms with Crippen LogP contribution in [0.1, 0.15) is 32.1 Å². The summed E-state index contributed by atoms with van der Waals surface area (Å²) in [5.41, 5.74) is 0.597. The second-order valence-electron chi connectivity index (χ2n) is 8.87. The van der Waals surface area contributed by atoms with Crippen LogP contribution in [0, 0.1) is 0 Å². The van der Waals surface area contributed by atoms with E-state index in [0.717, 1.165) is 69.8 Å². The van der Waals surface area contributed by atoms with E-state index in [-0.39, 0.29) is 29.0 Å². The van der Waals surface area contributed by atoms with Crippen molar-refractivity contribution in [2.45, 2.75) is 41.9 Å². The minimum Gasteiger partial charge on any atom is -0.379 e. The van der Waals surface area contributed by atoms with E-state index in [4.69, 9.17) is 4.74 Å². The summed E-state index contributed by atoms with van der Waals surface area (Å²) in [7, 11) is -3.57. The molecular weight excluding hydrogens is 476 g/mol. The van der Waals surface area contributed by atoms with E-state index in [2.05, 4.69) is 10.2 Å². The van der Waals surface area contributed by atoms with Gasteiger partial charge in [-0.25, -0.2) is 8.42 Å². The summed E-state index contributed by atoms with van der Waals surface area (Å²) < 4.78 is 33.3. The summed E-state index contributed by atoms with van der Waals surface area (Å²) in [5.74, 6) is -0.177. The number of hydrogen-bond acceptors (Lipinski definition) is 7. The summed E-state index contributed by atoms with van der Waals surface area (Å²) in [4.78, 5) is 29.9. The summed E-state index contributed by atoms with van der Waals surface area (Å²) in [6.07, 6.45) is 4.70. The maximum absolute atomic E-state index is 13.2. The van der Waals surface area contributed by atoms with Gasteiger partial charge in [-0.2, -0.15) is 4.31 Å². The van der Waals surface area contributed by atoms with Crippen molar-refractivity contribution in [3.63, 3.8) is 0 Å². The highest BCUT2D eigenvalue weighted by Gasteiger charge is 2.30. The molecule has 2 amide bonds. The topological polar surface area (TPSA) is 99.3 Å². The number of sulfonamides is 1. The number of nitrogens with zero attached hydrogens (tertiary/aromatic N) is 3. The van der Waals surface area contributed by atoms with Gasteiger partial charge in [0.2, 0.25) is 21.8 Å². The van der Waals surface area contributed by atoms with Crippen LogP contribution in [0.15, 0.2) is 28.0 Å². The summed E-state index contributed by atoms with van der Waals surface area (Å²) in [5, 5.41) is 2.91. The Kier molecular flexibility index (Phi) is 8.86. The first kappa shape index (κ1) is 25.4. The molecule has 1 N–H and O–H groups in total. The Morgan fingerprint density at radius 3 is 2.53 bits per heavy atom. The number of nitrogens with one attached hydrogen (secondary N) is 1. The Bertz CT molecular complexity index is 974. The van der Waals surface area contributed by atoms with E-state index in [9.17, 15) is 18.0 Å². The molecule has 0 unspecified atom stereocenters. The maximum Gasteiger partial charge on any atom is 0.243 e. The van der Waals surface area contributed by atoms with E-state index in [0.29, 0.717) is 25.3 Å². The highest BCUT2D eigenvalue weighted by molar-refractivity contribution is 8.00. The number of carbonyl (C=O) groups excluding carboxylic acids is 2. The van der Waals surface area contributed by atoms with E-state index in [1.807, 2.05) is 0 Å². The molecular formula is C23H34N4O5S2. The van der Waals surface area contributed by atoms with Crippen LogP contribution in [0.2, 0.25) is 0 Å². The van der Waals surface area contributed by atoms with Gasteiger partial charge in [0.05, 0.1) is 29.5 Å². The van der Waals surface area contributed by atoms with Crippen LogP contribution in [0.4, 0.5) is 5.69 Å². The van der Waals surface area contributed by atoms with Gasteiger partial charge in [0.1, 0.15) is 6.54 Å². The van der Waals surface area contributed by atoms with Gasteiger partial charge in [0.15, 0.2) is 0 Å². The zero-order valence-corrected chi connectivity index (χ0v) is 21.2. The summed E-state index contributed by atoms with van der Waals surface area (Å²) in [6.45, 7) is 5.81. The Balaban J connectivity index is 1.36. The van der Waals surface area contributed by atoms with Gasteiger partial charge >= 0.3 is 0 Å². The SMILES string of the molecule is O=C(CN1C(=O)CSc2cc(S(=O)(=O)N3CCCCCC3)ccc21)NCCCN1CCOCC1. The zero-order chi connectivity index (χ0) is 24.0. The first-order valence-corrected chi connectivity index (χ1v) is 14.5. The minimum absolute atomic E-state index is 0.0673. The monoisotopic (exact) mass is 510 g/mol. The lowest BCUT2D eigenvalue weighted by atomic mass is 10.2. The third kappa shape index (κ3) is 6.31. The minimum atomic E-state index is -3.57. The molecule has 1 aromatic carbocycles. The Hall–Kier alpha value is -1.66. The van der Waals surface area contributed by atoms with Crippen LogP contribution in [-0.2, 0) is 24.3 Å². The zero-order valence-electron chi connectivity index (χ0n) is 19.5. The third-order valence-electron chi connectivity index (χ3n) is 6.46. The Morgan fingerprint density at radius 2 is 1.79 bits per heavy atom. The molecule has 2 saturated heterocycles. The summed E-state index contributed by atoms with van der Waals surface area (Å²) >= 11 is 1.32. The predicted octanol–water partition coefficient (Wildman–Crippen LogP) is 1.53. The molecule has 34 heavy (non-hydrogen) atoms. The number of amides is 2. The van der Waals surface area contributed by atoms with Gasteiger partial charge in [-0.3, -0.25) is 14.5 Å². The van der Waals surface area contributed by atoms with Crippen molar-refractivity contribution < 1.29 is 22.7 Å². The molecule has 0 aromatic heterocycles. The second kappa shape index (κ2) is 11.9. The fourth-order valence-electron chi connectivity index (χ4n) is 4.50. The number of ether oxygens (including phenoxy) is 1. The molecule has 0 bridgehead atoms. The molecule has 0 atom stereocenters. The third-order valence-corrected chi connectivity index (χ3v) is 9.38. The predicted molar refractivity (Wildman–Crippen MR) is 132 cm³/mol. The van der Waals surface area contributed by atoms with Crippen LogP contribution < -0.4 is 10.2 Å². The first-order chi connectivity index (χ1) is 16.4. The molecule has 0 saturated carbocycles. The lowest BCUT2D eigenvalue weighted by Crippen LogP contribution is -2.44. The molecule has 0 radical (unpaired) electrons. The molecule has 0 aliphatic carbocycles. The first-order valence-electron chi connectivity index (χ1n) is 12.1. The van der Waals surface area contributed by atoms with Crippen LogP contribution in [0.3, 0.4) is 0 Å². The number of fused-ring (bicyclic) bond motifs is 1. The molecule has 1 aromatic rings. The maximum atomic E-state index is 13.2. The Labute approximate surface area is 206 Å². The van der Waals surface area contributed by atoms with E-state index >= 15 is 0 Å². The van der Waals surface area contributed by atoms with Crippen molar-refractivity contribution in [2.75, 3.05) is 69.7 Å². The number of carbonyl (C=O) groups is 2. The average Bonchev–Trinajstić information content (AvgIpc) is 3.14. The molecule has 3 aliphatic heterocycles. The van der Waals surface area contributed by atoms with Crippen molar-refractivity contribution in [2.24, 2.45) is 0 Å². The Morgan fingerprint density at radius 1 is 1.06 bits per heavy atom. The number of morpholine rings is 1. The van der Waals surface area contributed by atoms with Crippen molar-refractivity contribution in [3.05, 3.63) is 18.2 Å². The lowest BCUT2D eigenvalue weighted by Gasteiger charge is -2.29. The largest absolute Gasteiger partial charge is 0.379 e. The fourth-order valence-corrected chi connectivity index (χ4v) is 7.09. The molecule has 3 heterocycles. The summed E-state index contributed by atoms with van der Waals surface area (Å²) in [6, 6.07) is 4.88. The van der Waals surface area contributed by atoms with Gasteiger partial charge in [-0.05, 0) is 44.0 Å². The molecule has 2 fully saturated rings. The van der Waals surface area contributed by atoms with Gasteiger partial charge in [0, 0.05) is 37.6 Å². The number of rotatable bonds is 8. The smallest absolute Gasteiger partial charge is 0.243 e. The van der Waals surface area contributed by atoms with E-state index < -0.39 is 10.0 Å². The molecule has 3 aliphatic rings.